The van der Waals surface area contributed by atoms with E-state index in [1.165, 1.54) is 0 Å². The van der Waals surface area contributed by atoms with Crippen molar-refractivity contribution in [1.29, 1.82) is 0 Å². The molecule has 0 aliphatic rings. The second kappa shape index (κ2) is 6.04. The van der Waals surface area contributed by atoms with Gasteiger partial charge in [0, 0.05) is 0 Å². The molecule has 0 N–H and O–H groups in total. The van der Waals surface area contributed by atoms with Gasteiger partial charge in [0.05, 0.1) is 6.61 Å². The van der Waals surface area contributed by atoms with Crippen molar-refractivity contribution in [3.63, 3.8) is 0 Å². The Morgan fingerprint density at radius 3 is 2.50 bits per heavy atom. The van der Waals surface area contributed by atoms with Gasteiger partial charge in [-0.2, -0.15) is 0 Å². The first kappa shape index (κ1) is 11.5. The summed E-state index contributed by atoms with van der Waals surface area (Å²) in [5, 5.41) is 0. The van der Waals surface area contributed by atoms with Gasteiger partial charge in [-0.1, -0.05) is 37.7 Å². The minimum Gasteiger partial charge on any atom is -0.365 e. The first-order valence-electron chi connectivity index (χ1n) is 4.25. The summed E-state index contributed by atoms with van der Waals surface area (Å²) in [7, 11) is -1.18. The topological polar surface area (TPSA) is 9.23 Å². The quantitative estimate of drug-likeness (QED) is 0.282. The highest BCUT2D eigenvalue weighted by molar-refractivity contribution is 6.83. The van der Waals surface area contributed by atoms with Crippen molar-refractivity contribution < 1.29 is 4.74 Å². The summed E-state index contributed by atoms with van der Waals surface area (Å²) >= 11 is 0. The Labute approximate surface area is 76.8 Å². The lowest BCUT2D eigenvalue weighted by Gasteiger charge is -2.03. The predicted octanol–water partition coefficient (Wildman–Crippen LogP) is 2.46. The van der Waals surface area contributed by atoms with Gasteiger partial charge < -0.3 is 4.74 Å². The molecule has 0 heterocycles. The van der Waals surface area contributed by atoms with Crippen LogP contribution in [0.1, 0.15) is 6.92 Å². The molecule has 0 aliphatic carbocycles. The maximum Gasteiger partial charge on any atom is 0.129 e. The largest absolute Gasteiger partial charge is 0.365 e. The molecule has 1 nitrogen and oxygen atoms in total. The van der Waals surface area contributed by atoms with Crippen LogP contribution in [0.4, 0.5) is 0 Å². The average Bonchev–Trinajstić information content (AvgIpc) is 1.94. The highest BCUT2D eigenvalue weighted by Crippen LogP contribution is 1.95. The van der Waals surface area contributed by atoms with Gasteiger partial charge in [-0.3, -0.25) is 0 Å². The molecule has 12 heavy (non-hydrogen) atoms. The Kier molecular flexibility index (Phi) is 5.78. The Morgan fingerprint density at radius 1 is 1.33 bits per heavy atom. The monoisotopic (exact) mass is 182 g/mol. The van der Waals surface area contributed by atoms with Crippen LogP contribution in [-0.4, -0.2) is 21.3 Å². The van der Waals surface area contributed by atoms with Crippen LogP contribution in [0.25, 0.3) is 0 Å². The maximum atomic E-state index is 5.23. The highest BCUT2D eigenvalue weighted by Gasteiger charge is 2.06. The van der Waals surface area contributed by atoms with E-state index in [1.54, 1.807) is 0 Å². The van der Waals surface area contributed by atoms with Crippen molar-refractivity contribution in [1.82, 2.24) is 0 Å². The summed E-state index contributed by atoms with van der Waals surface area (Å²) in [4.78, 5) is 0. The van der Waals surface area contributed by atoms with E-state index in [2.05, 4.69) is 31.1 Å². The second-order valence-corrected chi connectivity index (χ2v) is 8.39. The molecule has 0 radical (unpaired) electrons. The van der Waals surface area contributed by atoms with Crippen LogP contribution in [0.3, 0.4) is 0 Å². The van der Waals surface area contributed by atoms with Gasteiger partial charge in [0.25, 0.3) is 0 Å². The van der Waals surface area contributed by atoms with E-state index in [-0.39, 0.29) is 0 Å². The third kappa shape index (κ3) is 9.48. The van der Waals surface area contributed by atoms with E-state index in [0.29, 0.717) is 13.2 Å². The van der Waals surface area contributed by atoms with Crippen LogP contribution in [-0.2, 0) is 4.74 Å². The van der Waals surface area contributed by atoms with Crippen molar-refractivity contribution in [2.24, 2.45) is 0 Å². The van der Waals surface area contributed by atoms with Crippen LogP contribution in [0.2, 0.25) is 19.6 Å². The van der Waals surface area contributed by atoms with Crippen molar-refractivity contribution in [2.75, 3.05) is 13.2 Å². The van der Waals surface area contributed by atoms with E-state index in [0.717, 1.165) is 0 Å². The molecule has 68 valence electrons. The fourth-order valence-electron chi connectivity index (χ4n) is 0.575. The summed E-state index contributed by atoms with van der Waals surface area (Å²) in [5.41, 5.74) is 3.24. The fraction of sp³-hybridized carbons (Fsp3) is 0.600. The summed E-state index contributed by atoms with van der Waals surface area (Å²) < 4.78 is 5.23. The van der Waals surface area contributed by atoms with Crippen LogP contribution in [0.15, 0.2) is 12.2 Å². The first-order chi connectivity index (χ1) is 5.56. The van der Waals surface area contributed by atoms with E-state index in [4.69, 9.17) is 4.74 Å². The third-order valence-electron chi connectivity index (χ3n) is 1.09. The molecule has 0 aliphatic heterocycles. The van der Waals surface area contributed by atoms with E-state index in [9.17, 15) is 0 Å². The molecule has 0 aromatic heterocycles. The number of rotatable bonds is 3. The number of allylic oxidation sites excluding steroid dienone is 1. The standard InChI is InChI=1S/C10H18OSi/c1-5-6-8-11-9-7-10-12(2,3)4/h5-6H,8-9H2,1-4H3. The predicted molar refractivity (Wildman–Crippen MR) is 56.8 cm³/mol. The zero-order chi connectivity index (χ0) is 9.45. The SMILES string of the molecule is CC=CCOCC#C[Si](C)(C)C. The van der Waals surface area contributed by atoms with Crippen LogP contribution in [0.5, 0.6) is 0 Å². The zero-order valence-electron chi connectivity index (χ0n) is 8.48. The first-order valence-corrected chi connectivity index (χ1v) is 7.75. The van der Waals surface area contributed by atoms with Gasteiger partial charge in [-0.05, 0) is 6.92 Å². The highest BCUT2D eigenvalue weighted by atomic mass is 28.3. The van der Waals surface area contributed by atoms with Crippen molar-refractivity contribution in [3.05, 3.63) is 12.2 Å². The lowest BCUT2D eigenvalue weighted by atomic mass is 10.5. The molecule has 0 saturated heterocycles. The Bertz CT molecular complexity index is 190. The fourth-order valence-corrected chi connectivity index (χ4v) is 1.18. The summed E-state index contributed by atoms with van der Waals surface area (Å²) in [6.07, 6.45) is 3.96. The summed E-state index contributed by atoms with van der Waals surface area (Å²) in [5.74, 6) is 3.04. The normalized spacial score (nSPS) is 11.3. The van der Waals surface area contributed by atoms with Gasteiger partial charge in [0.1, 0.15) is 14.7 Å². The molecular weight excluding hydrogens is 164 g/mol. The molecule has 0 unspecified atom stereocenters. The Morgan fingerprint density at radius 2 is 2.00 bits per heavy atom. The minimum absolute atomic E-state index is 0.564. The molecule has 0 amide bonds. The van der Waals surface area contributed by atoms with Gasteiger partial charge in [0.15, 0.2) is 0 Å². The zero-order valence-corrected chi connectivity index (χ0v) is 9.48. The molecule has 2 heteroatoms. The molecule has 0 rings (SSSR count). The molecule has 0 fully saturated rings. The van der Waals surface area contributed by atoms with Crippen molar-refractivity contribution in [3.8, 4) is 11.5 Å². The molecule has 0 aromatic carbocycles. The van der Waals surface area contributed by atoms with Gasteiger partial charge >= 0.3 is 0 Å². The van der Waals surface area contributed by atoms with Crippen molar-refractivity contribution in [2.45, 2.75) is 26.6 Å². The molecular formula is C10H18OSi. The maximum absolute atomic E-state index is 5.23. The second-order valence-electron chi connectivity index (χ2n) is 3.64. The van der Waals surface area contributed by atoms with E-state index < -0.39 is 8.07 Å². The third-order valence-corrected chi connectivity index (χ3v) is 2.01. The van der Waals surface area contributed by atoms with Gasteiger partial charge in [0.2, 0.25) is 0 Å². The molecule has 0 aromatic rings. The smallest absolute Gasteiger partial charge is 0.129 e. The van der Waals surface area contributed by atoms with E-state index in [1.807, 2.05) is 19.1 Å². The minimum atomic E-state index is -1.18. The lowest BCUT2D eigenvalue weighted by molar-refractivity contribution is 0.199. The number of hydrogen-bond donors (Lipinski definition) is 0. The number of ether oxygens (including phenoxy) is 1. The van der Waals surface area contributed by atoms with E-state index >= 15 is 0 Å². The summed E-state index contributed by atoms with van der Waals surface area (Å²) in [6, 6.07) is 0. The van der Waals surface area contributed by atoms with Crippen LogP contribution < -0.4 is 0 Å². The average molecular weight is 182 g/mol. The van der Waals surface area contributed by atoms with Gasteiger partial charge in [-0.25, -0.2) is 0 Å². The Hall–Kier alpha value is -0.523. The number of hydrogen-bond acceptors (Lipinski definition) is 1. The Balaban J connectivity index is 3.47. The van der Waals surface area contributed by atoms with Gasteiger partial charge in [-0.15, -0.1) is 5.54 Å². The van der Waals surface area contributed by atoms with Crippen LogP contribution >= 0.6 is 0 Å². The van der Waals surface area contributed by atoms with Crippen LogP contribution in [0, 0.1) is 11.5 Å². The molecule has 0 saturated carbocycles. The lowest BCUT2D eigenvalue weighted by Crippen LogP contribution is -2.16. The molecule has 0 spiro atoms. The van der Waals surface area contributed by atoms with Crippen molar-refractivity contribution >= 4 is 8.07 Å². The summed E-state index contributed by atoms with van der Waals surface area (Å²) in [6.45, 7) is 9.91. The molecule has 0 atom stereocenters. The molecule has 0 bridgehead atoms.